The number of carbonyl (C=O) groups is 2. The van der Waals surface area contributed by atoms with Gasteiger partial charge in [-0.1, -0.05) is 29.8 Å². The molecular weight excluding hydrogens is 340 g/mol. The van der Waals surface area contributed by atoms with E-state index in [-0.39, 0.29) is 12.5 Å². The fourth-order valence-electron chi connectivity index (χ4n) is 2.55. The van der Waals surface area contributed by atoms with E-state index in [2.05, 4.69) is 4.98 Å². The summed E-state index contributed by atoms with van der Waals surface area (Å²) in [6, 6.07) is 10.9. The second-order valence-electron chi connectivity index (χ2n) is 5.67. The molecular formula is C19H17ClN2O3. The first kappa shape index (κ1) is 17.2. The van der Waals surface area contributed by atoms with E-state index in [1.54, 1.807) is 29.3 Å². The Morgan fingerprint density at radius 1 is 1.24 bits per heavy atom. The molecule has 5 nitrogen and oxygen atoms in total. The molecule has 0 saturated carbocycles. The van der Waals surface area contributed by atoms with Crippen LogP contribution in [-0.2, 0) is 20.9 Å². The van der Waals surface area contributed by atoms with Crippen LogP contribution in [0.1, 0.15) is 24.0 Å². The molecule has 1 aromatic carbocycles. The third-order valence-electron chi connectivity index (χ3n) is 3.86. The molecule has 2 heterocycles. The lowest BCUT2D eigenvalue weighted by atomic mass is 10.2. The Morgan fingerprint density at radius 3 is 2.68 bits per heavy atom. The summed E-state index contributed by atoms with van der Waals surface area (Å²) in [6.07, 6.45) is 6.13. The van der Waals surface area contributed by atoms with E-state index >= 15 is 0 Å². The Hall–Kier alpha value is -2.66. The number of hydrogen-bond donors (Lipinski definition) is 0. The lowest BCUT2D eigenvalue weighted by Crippen LogP contribution is -2.23. The molecule has 1 aliphatic heterocycles. The fourth-order valence-corrected chi connectivity index (χ4v) is 2.66. The van der Waals surface area contributed by atoms with Crippen molar-refractivity contribution < 1.29 is 14.3 Å². The summed E-state index contributed by atoms with van der Waals surface area (Å²) < 4.78 is 5.15. The molecule has 0 radical (unpaired) electrons. The summed E-state index contributed by atoms with van der Waals surface area (Å²) in [5, 5.41) is 0.397. The van der Waals surface area contributed by atoms with Gasteiger partial charge in [-0.15, -0.1) is 0 Å². The minimum Gasteiger partial charge on any atom is -0.458 e. The van der Waals surface area contributed by atoms with Crippen molar-refractivity contribution in [2.24, 2.45) is 0 Å². The molecule has 0 N–H and O–H groups in total. The molecule has 6 heteroatoms. The van der Waals surface area contributed by atoms with Crippen LogP contribution in [-0.4, -0.2) is 23.4 Å². The van der Waals surface area contributed by atoms with E-state index in [0.717, 1.165) is 29.8 Å². The van der Waals surface area contributed by atoms with Gasteiger partial charge in [0, 0.05) is 36.5 Å². The summed E-state index contributed by atoms with van der Waals surface area (Å²) in [7, 11) is 0. The van der Waals surface area contributed by atoms with Crippen LogP contribution in [0.15, 0.2) is 48.7 Å². The number of carbonyl (C=O) groups excluding carboxylic acids is 2. The summed E-state index contributed by atoms with van der Waals surface area (Å²) in [4.78, 5) is 29.2. The highest BCUT2D eigenvalue weighted by Crippen LogP contribution is 2.21. The van der Waals surface area contributed by atoms with Gasteiger partial charge in [-0.25, -0.2) is 9.78 Å². The van der Waals surface area contributed by atoms with Gasteiger partial charge in [0.25, 0.3) is 0 Å². The molecule has 1 fully saturated rings. The largest absolute Gasteiger partial charge is 0.458 e. The van der Waals surface area contributed by atoms with Gasteiger partial charge in [0.05, 0.1) is 0 Å². The zero-order valence-electron chi connectivity index (χ0n) is 13.5. The first-order valence-electron chi connectivity index (χ1n) is 7.97. The van der Waals surface area contributed by atoms with Crippen LogP contribution >= 0.6 is 11.6 Å². The minimum absolute atomic E-state index is 0.142. The highest BCUT2D eigenvalue weighted by atomic mass is 35.5. The van der Waals surface area contributed by atoms with Gasteiger partial charge in [-0.05, 0) is 36.3 Å². The normalized spacial score (nSPS) is 14.3. The van der Waals surface area contributed by atoms with Gasteiger partial charge >= 0.3 is 5.97 Å². The topological polar surface area (TPSA) is 59.5 Å². The number of esters is 1. The summed E-state index contributed by atoms with van der Waals surface area (Å²) in [5.41, 5.74) is 2.52. The molecule has 0 atom stereocenters. The van der Waals surface area contributed by atoms with Crippen molar-refractivity contribution in [1.82, 2.24) is 4.98 Å². The van der Waals surface area contributed by atoms with Crippen molar-refractivity contribution >= 4 is 35.2 Å². The average molecular weight is 357 g/mol. The number of benzene rings is 1. The maximum atomic E-state index is 11.8. The van der Waals surface area contributed by atoms with Gasteiger partial charge in [-0.3, -0.25) is 4.79 Å². The zero-order chi connectivity index (χ0) is 17.6. The number of rotatable bonds is 5. The fraction of sp³-hybridized carbons (Fsp3) is 0.211. The van der Waals surface area contributed by atoms with E-state index in [4.69, 9.17) is 16.3 Å². The van der Waals surface area contributed by atoms with Gasteiger partial charge in [0.2, 0.25) is 5.91 Å². The molecule has 1 aromatic heterocycles. The third kappa shape index (κ3) is 4.67. The first-order valence-corrected chi connectivity index (χ1v) is 8.35. The maximum absolute atomic E-state index is 11.8. The molecule has 1 amide bonds. The summed E-state index contributed by atoms with van der Waals surface area (Å²) >= 11 is 5.70. The van der Waals surface area contributed by atoms with Gasteiger partial charge < -0.3 is 9.64 Å². The van der Waals surface area contributed by atoms with E-state index in [9.17, 15) is 9.59 Å². The Kier molecular flexibility index (Phi) is 5.46. The van der Waals surface area contributed by atoms with Gasteiger partial charge in [0.15, 0.2) is 0 Å². The average Bonchev–Trinajstić information content (AvgIpc) is 3.06. The van der Waals surface area contributed by atoms with Crippen LogP contribution in [0.2, 0.25) is 5.15 Å². The molecule has 1 saturated heterocycles. The first-order chi connectivity index (χ1) is 12.1. The maximum Gasteiger partial charge on any atom is 0.331 e. The summed E-state index contributed by atoms with van der Waals surface area (Å²) in [5.74, 6) is -0.280. The molecule has 0 unspecified atom stereocenters. The number of pyridine rings is 1. The van der Waals surface area contributed by atoms with E-state index in [1.807, 2.05) is 24.3 Å². The molecule has 0 spiro atoms. The second-order valence-corrected chi connectivity index (χ2v) is 6.06. The molecule has 0 aliphatic carbocycles. The quantitative estimate of drug-likeness (QED) is 0.466. The Bertz CT molecular complexity index is 785. The minimum atomic E-state index is -0.436. The van der Waals surface area contributed by atoms with Gasteiger partial charge in [-0.2, -0.15) is 0 Å². The number of ether oxygens (including phenoxy) is 1. The monoisotopic (exact) mass is 356 g/mol. The van der Waals surface area contributed by atoms with Crippen molar-refractivity contribution in [1.29, 1.82) is 0 Å². The third-order valence-corrected chi connectivity index (χ3v) is 4.08. The molecule has 1 aliphatic rings. The van der Waals surface area contributed by atoms with E-state index in [0.29, 0.717) is 11.6 Å². The number of halogens is 1. The SMILES string of the molecule is O=C(C=Cc1ccc(N2CCCC2=O)cc1)OCc1ccc(Cl)nc1. The number of anilines is 1. The predicted octanol–water partition coefficient (Wildman–Crippen LogP) is 3.62. The molecule has 2 aromatic rings. The standard InChI is InChI=1S/C19H17ClN2O3/c20-17-9-5-15(12-21-17)13-25-19(24)10-6-14-3-7-16(8-4-14)22-11-1-2-18(22)23/h3-10,12H,1-2,11,13H2. The molecule has 3 rings (SSSR count). The molecule has 25 heavy (non-hydrogen) atoms. The number of aromatic nitrogens is 1. The van der Waals surface area contributed by atoms with E-state index in [1.165, 1.54) is 6.08 Å². The van der Waals surface area contributed by atoms with Crippen LogP contribution in [0.3, 0.4) is 0 Å². The second kappa shape index (κ2) is 7.94. The van der Waals surface area contributed by atoms with Crippen molar-refractivity contribution in [3.05, 3.63) is 65.0 Å². The lowest BCUT2D eigenvalue weighted by Gasteiger charge is -2.15. The zero-order valence-corrected chi connectivity index (χ0v) is 14.3. The summed E-state index contributed by atoms with van der Waals surface area (Å²) in [6.45, 7) is 0.906. The molecule has 128 valence electrons. The van der Waals surface area contributed by atoms with Crippen molar-refractivity contribution in [3.63, 3.8) is 0 Å². The van der Waals surface area contributed by atoms with Crippen LogP contribution in [0.4, 0.5) is 5.69 Å². The lowest BCUT2D eigenvalue weighted by molar-refractivity contribution is -0.138. The smallest absolute Gasteiger partial charge is 0.331 e. The Balaban J connectivity index is 1.53. The Labute approximate surface area is 150 Å². The van der Waals surface area contributed by atoms with Crippen molar-refractivity contribution in [2.45, 2.75) is 19.4 Å². The number of hydrogen-bond acceptors (Lipinski definition) is 4. The van der Waals surface area contributed by atoms with Crippen molar-refractivity contribution in [2.75, 3.05) is 11.4 Å². The van der Waals surface area contributed by atoms with Crippen LogP contribution in [0.5, 0.6) is 0 Å². The van der Waals surface area contributed by atoms with Crippen molar-refractivity contribution in [3.8, 4) is 0 Å². The predicted molar refractivity (Wildman–Crippen MR) is 96.1 cm³/mol. The number of nitrogens with zero attached hydrogens (tertiary/aromatic N) is 2. The van der Waals surface area contributed by atoms with Crippen LogP contribution in [0, 0.1) is 0 Å². The molecule has 0 bridgehead atoms. The number of amides is 1. The van der Waals surface area contributed by atoms with Crippen LogP contribution in [0.25, 0.3) is 6.08 Å². The highest BCUT2D eigenvalue weighted by Gasteiger charge is 2.21. The van der Waals surface area contributed by atoms with E-state index < -0.39 is 5.97 Å². The Morgan fingerprint density at radius 2 is 2.04 bits per heavy atom. The van der Waals surface area contributed by atoms with Crippen LogP contribution < -0.4 is 4.90 Å². The van der Waals surface area contributed by atoms with Gasteiger partial charge in [0.1, 0.15) is 11.8 Å². The highest BCUT2D eigenvalue weighted by molar-refractivity contribution is 6.29.